The van der Waals surface area contributed by atoms with Gasteiger partial charge in [0.05, 0.1) is 0 Å². The summed E-state index contributed by atoms with van der Waals surface area (Å²) in [6.45, 7) is 1.88. The van der Waals surface area contributed by atoms with Gasteiger partial charge in [0.15, 0.2) is 0 Å². The topological polar surface area (TPSA) is 26.0 Å². The highest BCUT2D eigenvalue weighted by atomic mass is 35.5. The molecular formula is C8H9Cl2N. The molecule has 0 fully saturated rings. The molecule has 1 aromatic rings. The summed E-state index contributed by atoms with van der Waals surface area (Å²) in [6, 6.07) is 5.28. The molecule has 60 valence electrons. The Labute approximate surface area is 76.1 Å². The molecule has 2 N–H and O–H groups in total. The average Bonchev–Trinajstić information content (AvgIpc) is 1.85. The van der Waals surface area contributed by atoms with Gasteiger partial charge in [-0.3, -0.25) is 0 Å². The summed E-state index contributed by atoms with van der Waals surface area (Å²) >= 11 is 11.6. The van der Waals surface area contributed by atoms with Crippen LogP contribution in [0.25, 0.3) is 0 Å². The van der Waals surface area contributed by atoms with Crippen LogP contribution in [0, 0.1) is 0 Å². The normalized spacial score (nSPS) is 13.1. The van der Waals surface area contributed by atoms with Crippen molar-refractivity contribution in [3.8, 4) is 0 Å². The van der Waals surface area contributed by atoms with Crippen LogP contribution < -0.4 is 5.73 Å². The van der Waals surface area contributed by atoms with Gasteiger partial charge in [0, 0.05) is 16.1 Å². The van der Waals surface area contributed by atoms with E-state index in [-0.39, 0.29) is 6.04 Å². The van der Waals surface area contributed by atoms with Gasteiger partial charge >= 0.3 is 0 Å². The number of hydrogen-bond acceptors (Lipinski definition) is 1. The van der Waals surface area contributed by atoms with Gasteiger partial charge < -0.3 is 5.73 Å². The Hall–Kier alpha value is -0.240. The van der Waals surface area contributed by atoms with Crippen LogP contribution >= 0.6 is 23.2 Å². The lowest BCUT2D eigenvalue weighted by molar-refractivity contribution is 0.818. The molecule has 0 saturated carbocycles. The van der Waals surface area contributed by atoms with Crippen molar-refractivity contribution in [3.05, 3.63) is 33.8 Å². The molecule has 0 spiro atoms. The van der Waals surface area contributed by atoms with Gasteiger partial charge in [0.2, 0.25) is 0 Å². The van der Waals surface area contributed by atoms with Crippen molar-refractivity contribution in [2.45, 2.75) is 13.0 Å². The fraction of sp³-hybridized carbons (Fsp3) is 0.250. The Morgan fingerprint density at radius 3 is 2.45 bits per heavy atom. The first kappa shape index (κ1) is 8.85. The lowest BCUT2D eigenvalue weighted by Crippen LogP contribution is -2.05. The second kappa shape index (κ2) is 3.44. The van der Waals surface area contributed by atoms with Crippen LogP contribution in [0.2, 0.25) is 10.0 Å². The average molecular weight is 190 g/mol. The van der Waals surface area contributed by atoms with E-state index >= 15 is 0 Å². The van der Waals surface area contributed by atoms with E-state index in [1.807, 2.05) is 13.0 Å². The molecule has 1 rings (SSSR count). The predicted octanol–water partition coefficient (Wildman–Crippen LogP) is 3.01. The van der Waals surface area contributed by atoms with E-state index in [0.29, 0.717) is 10.0 Å². The number of nitrogens with two attached hydrogens (primary N) is 1. The van der Waals surface area contributed by atoms with E-state index in [0.717, 1.165) is 5.56 Å². The molecule has 0 aromatic heterocycles. The summed E-state index contributed by atoms with van der Waals surface area (Å²) < 4.78 is 0. The van der Waals surface area contributed by atoms with Gasteiger partial charge in [-0.25, -0.2) is 0 Å². The van der Waals surface area contributed by atoms with Gasteiger partial charge in [0.25, 0.3) is 0 Å². The molecule has 0 saturated heterocycles. The maximum absolute atomic E-state index is 5.86. The van der Waals surface area contributed by atoms with Crippen LogP contribution in [0.4, 0.5) is 0 Å². The van der Waals surface area contributed by atoms with Crippen molar-refractivity contribution in [3.63, 3.8) is 0 Å². The fourth-order valence-electron chi connectivity index (χ4n) is 0.871. The largest absolute Gasteiger partial charge is 0.324 e. The molecule has 0 amide bonds. The minimum atomic E-state index is -0.0419. The maximum Gasteiger partial charge on any atom is 0.0468 e. The van der Waals surface area contributed by atoms with E-state index in [2.05, 4.69) is 0 Å². The summed E-state index contributed by atoms with van der Waals surface area (Å²) in [7, 11) is 0. The highest BCUT2D eigenvalue weighted by Crippen LogP contribution is 2.24. The number of rotatable bonds is 1. The van der Waals surface area contributed by atoms with Crippen molar-refractivity contribution in [2.75, 3.05) is 0 Å². The van der Waals surface area contributed by atoms with E-state index in [1.165, 1.54) is 0 Å². The first-order chi connectivity index (χ1) is 5.11. The quantitative estimate of drug-likeness (QED) is 0.723. The standard InChI is InChI=1S/C8H9Cl2N/c1-5(11)7-3-2-6(9)4-8(7)10/h2-5H,11H2,1H3/t5-/m1/s1. The zero-order valence-corrected chi connectivity index (χ0v) is 7.65. The highest BCUT2D eigenvalue weighted by Gasteiger charge is 2.04. The van der Waals surface area contributed by atoms with Crippen LogP contribution in [0.5, 0.6) is 0 Å². The molecule has 1 atom stereocenters. The molecule has 0 radical (unpaired) electrons. The summed E-state index contributed by atoms with van der Waals surface area (Å²) in [4.78, 5) is 0. The van der Waals surface area contributed by atoms with Crippen molar-refractivity contribution in [2.24, 2.45) is 5.73 Å². The van der Waals surface area contributed by atoms with E-state index < -0.39 is 0 Å². The number of halogens is 2. The van der Waals surface area contributed by atoms with Crippen LogP contribution in [-0.4, -0.2) is 0 Å². The van der Waals surface area contributed by atoms with Crippen LogP contribution in [0.3, 0.4) is 0 Å². The molecule has 1 nitrogen and oxygen atoms in total. The molecule has 0 unspecified atom stereocenters. The summed E-state index contributed by atoms with van der Waals surface area (Å²) in [5, 5.41) is 1.27. The lowest BCUT2D eigenvalue weighted by atomic mass is 10.1. The Morgan fingerprint density at radius 2 is 2.00 bits per heavy atom. The summed E-state index contributed by atoms with van der Waals surface area (Å²) in [5.74, 6) is 0. The minimum Gasteiger partial charge on any atom is -0.324 e. The third-order valence-electron chi connectivity index (χ3n) is 1.45. The van der Waals surface area contributed by atoms with Gasteiger partial charge in [-0.2, -0.15) is 0 Å². The number of hydrogen-bond donors (Lipinski definition) is 1. The highest BCUT2D eigenvalue weighted by molar-refractivity contribution is 6.35. The molecule has 11 heavy (non-hydrogen) atoms. The second-order valence-corrected chi connectivity index (χ2v) is 3.30. The Bertz CT molecular complexity index is 258. The zero-order chi connectivity index (χ0) is 8.43. The van der Waals surface area contributed by atoms with Crippen LogP contribution in [0.15, 0.2) is 18.2 Å². The van der Waals surface area contributed by atoms with Crippen molar-refractivity contribution in [1.82, 2.24) is 0 Å². The first-order valence-electron chi connectivity index (χ1n) is 3.32. The van der Waals surface area contributed by atoms with E-state index in [4.69, 9.17) is 28.9 Å². The minimum absolute atomic E-state index is 0.0419. The van der Waals surface area contributed by atoms with Crippen LogP contribution in [-0.2, 0) is 0 Å². The Morgan fingerprint density at radius 1 is 1.36 bits per heavy atom. The van der Waals surface area contributed by atoms with Gasteiger partial charge in [-0.1, -0.05) is 29.3 Å². The monoisotopic (exact) mass is 189 g/mol. The van der Waals surface area contributed by atoms with Gasteiger partial charge in [0.1, 0.15) is 0 Å². The molecule has 0 heterocycles. The van der Waals surface area contributed by atoms with Crippen molar-refractivity contribution < 1.29 is 0 Å². The molecule has 0 bridgehead atoms. The van der Waals surface area contributed by atoms with Crippen molar-refractivity contribution in [1.29, 1.82) is 0 Å². The second-order valence-electron chi connectivity index (χ2n) is 2.45. The Balaban J connectivity index is 3.09. The molecule has 0 aliphatic rings. The Kier molecular flexibility index (Phi) is 2.77. The van der Waals surface area contributed by atoms with Gasteiger partial charge in [-0.05, 0) is 24.6 Å². The molecule has 0 aliphatic heterocycles. The molecule has 1 aromatic carbocycles. The smallest absolute Gasteiger partial charge is 0.0468 e. The van der Waals surface area contributed by atoms with Crippen molar-refractivity contribution >= 4 is 23.2 Å². The molecule has 3 heteroatoms. The van der Waals surface area contributed by atoms with E-state index in [1.54, 1.807) is 12.1 Å². The first-order valence-corrected chi connectivity index (χ1v) is 4.07. The third-order valence-corrected chi connectivity index (χ3v) is 2.02. The van der Waals surface area contributed by atoms with Crippen LogP contribution in [0.1, 0.15) is 18.5 Å². The lowest BCUT2D eigenvalue weighted by Gasteiger charge is -2.07. The third kappa shape index (κ3) is 2.09. The zero-order valence-electron chi connectivity index (χ0n) is 6.14. The molecule has 0 aliphatic carbocycles. The summed E-state index contributed by atoms with van der Waals surface area (Å²) in [6.07, 6.45) is 0. The maximum atomic E-state index is 5.86. The predicted molar refractivity (Wildman–Crippen MR) is 49.1 cm³/mol. The number of benzene rings is 1. The molecular weight excluding hydrogens is 181 g/mol. The fourth-order valence-corrected chi connectivity index (χ4v) is 1.45. The van der Waals surface area contributed by atoms with E-state index in [9.17, 15) is 0 Å². The SMILES string of the molecule is C[C@@H](N)c1ccc(Cl)cc1Cl. The van der Waals surface area contributed by atoms with Gasteiger partial charge in [-0.15, -0.1) is 0 Å². The summed E-state index contributed by atoms with van der Waals surface area (Å²) in [5.41, 5.74) is 6.56.